The standard InChI is InChI=1S/C27H28FN3O4/c28-20-11-7-14-22(17-20)31(24(32)18-29-26(33)23-15-8-16-35-23)25(19-9-3-1-4-10-19)27(34)30-21-12-5-2-6-13-21/h1,3-4,7-11,14-17,21,25H,2,5-6,12-13,18H2,(H,29,33)(H,30,34). The molecule has 1 aliphatic carbocycles. The zero-order valence-corrected chi connectivity index (χ0v) is 19.3. The zero-order chi connectivity index (χ0) is 24.6. The van der Waals surface area contributed by atoms with Crippen molar-refractivity contribution < 1.29 is 23.2 Å². The fourth-order valence-electron chi connectivity index (χ4n) is 4.38. The van der Waals surface area contributed by atoms with E-state index in [0.717, 1.165) is 32.1 Å². The largest absolute Gasteiger partial charge is 0.459 e. The maximum atomic E-state index is 14.2. The second kappa shape index (κ2) is 11.5. The highest BCUT2D eigenvalue weighted by Gasteiger charge is 2.34. The lowest BCUT2D eigenvalue weighted by Crippen LogP contribution is -2.49. The van der Waals surface area contributed by atoms with Crippen LogP contribution in [0, 0.1) is 5.82 Å². The van der Waals surface area contributed by atoms with Gasteiger partial charge in [-0.3, -0.25) is 19.3 Å². The fourth-order valence-corrected chi connectivity index (χ4v) is 4.38. The molecule has 2 aromatic carbocycles. The van der Waals surface area contributed by atoms with Crippen molar-refractivity contribution in [3.8, 4) is 0 Å². The van der Waals surface area contributed by atoms with Gasteiger partial charge < -0.3 is 15.1 Å². The number of carbonyl (C=O) groups is 3. The first kappa shape index (κ1) is 24.2. The number of anilines is 1. The summed E-state index contributed by atoms with van der Waals surface area (Å²) in [5, 5.41) is 5.62. The number of rotatable bonds is 8. The van der Waals surface area contributed by atoms with Gasteiger partial charge in [-0.25, -0.2) is 4.39 Å². The van der Waals surface area contributed by atoms with Gasteiger partial charge in [0.15, 0.2) is 5.76 Å². The lowest BCUT2D eigenvalue weighted by molar-refractivity contribution is -0.127. The van der Waals surface area contributed by atoms with Gasteiger partial charge in [0, 0.05) is 11.7 Å². The van der Waals surface area contributed by atoms with Crippen molar-refractivity contribution in [1.29, 1.82) is 0 Å². The summed E-state index contributed by atoms with van der Waals surface area (Å²) in [6, 6.07) is 16.4. The molecule has 4 rings (SSSR count). The SMILES string of the molecule is O=C(NCC(=O)N(c1cccc(F)c1)C(C(=O)NC1CCCCC1)c1ccccc1)c1ccco1. The Morgan fingerprint density at radius 1 is 0.971 bits per heavy atom. The molecular weight excluding hydrogens is 449 g/mol. The molecule has 182 valence electrons. The van der Waals surface area contributed by atoms with E-state index in [1.807, 2.05) is 6.07 Å². The first-order chi connectivity index (χ1) is 17.0. The second-order valence-corrected chi connectivity index (χ2v) is 8.56. The van der Waals surface area contributed by atoms with Crippen LogP contribution in [0.4, 0.5) is 10.1 Å². The lowest BCUT2D eigenvalue weighted by Gasteiger charge is -2.33. The highest BCUT2D eigenvalue weighted by molar-refractivity contribution is 6.04. The smallest absolute Gasteiger partial charge is 0.287 e. The minimum absolute atomic E-state index is 0.0191. The van der Waals surface area contributed by atoms with Gasteiger partial charge in [-0.05, 0) is 48.7 Å². The van der Waals surface area contributed by atoms with E-state index in [0.29, 0.717) is 5.56 Å². The Labute approximate surface area is 203 Å². The minimum atomic E-state index is -1.05. The maximum Gasteiger partial charge on any atom is 0.287 e. The van der Waals surface area contributed by atoms with Crippen LogP contribution in [-0.4, -0.2) is 30.3 Å². The molecule has 0 aliphatic heterocycles. The van der Waals surface area contributed by atoms with Crippen molar-refractivity contribution >= 4 is 23.4 Å². The summed E-state index contributed by atoms with van der Waals surface area (Å²) < 4.78 is 19.3. The molecule has 1 atom stereocenters. The summed E-state index contributed by atoms with van der Waals surface area (Å²) >= 11 is 0. The van der Waals surface area contributed by atoms with Crippen LogP contribution in [0.25, 0.3) is 0 Å². The van der Waals surface area contributed by atoms with Crippen molar-refractivity contribution in [2.45, 2.75) is 44.2 Å². The predicted molar refractivity (Wildman–Crippen MR) is 129 cm³/mol. The Kier molecular flexibility index (Phi) is 7.92. The predicted octanol–water partition coefficient (Wildman–Crippen LogP) is 4.37. The average Bonchev–Trinajstić information content (AvgIpc) is 3.42. The van der Waals surface area contributed by atoms with Crippen molar-refractivity contribution in [2.75, 3.05) is 11.4 Å². The summed E-state index contributed by atoms with van der Waals surface area (Å²) in [5.74, 6) is -1.96. The molecule has 3 amide bonds. The van der Waals surface area contributed by atoms with Crippen molar-refractivity contribution in [3.63, 3.8) is 0 Å². The summed E-state index contributed by atoms with van der Waals surface area (Å²) in [5.41, 5.74) is 0.797. The molecule has 1 aromatic heterocycles. The number of furan rings is 1. The number of nitrogens with one attached hydrogen (secondary N) is 2. The molecule has 1 heterocycles. The summed E-state index contributed by atoms with van der Waals surface area (Å²) in [4.78, 5) is 40.8. The number of benzene rings is 2. The molecule has 35 heavy (non-hydrogen) atoms. The molecule has 1 saturated carbocycles. The number of carbonyl (C=O) groups excluding carboxylic acids is 3. The average molecular weight is 478 g/mol. The maximum absolute atomic E-state index is 14.2. The second-order valence-electron chi connectivity index (χ2n) is 8.56. The molecule has 3 aromatic rings. The molecule has 7 nitrogen and oxygen atoms in total. The van der Waals surface area contributed by atoms with Gasteiger partial charge in [-0.1, -0.05) is 55.7 Å². The molecule has 8 heteroatoms. The highest BCUT2D eigenvalue weighted by atomic mass is 19.1. The van der Waals surface area contributed by atoms with Crippen molar-refractivity contribution in [1.82, 2.24) is 10.6 Å². The van der Waals surface area contributed by atoms with E-state index in [-0.39, 0.29) is 23.4 Å². The van der Waals surface area contributed by atoms with E-state index in [1.54, 1.807) is 36.4 Å². The number of hydrogen-bond donors (Lipinski definition) is 2. The Balaban J connectivity index is 1.66. The van der Waals surface area contributed by atoms with Gasteiger partial charge in [0.05, 0.1) is 12.8 Å². The third-order valence-corrected chi connectivity index (χ3v) is 6.07. The van der Waals surface area contributed by atoms with Crippen molar-refractivity contribution in [3.05, 3.63) is 90.1 Å². The monoisotopic (exact) mass is 477 g/mol. The van der Waals surface area contributed by atoms with E-state index >= 15 is 0 Å². The van der Waals surface area contributed by atoms with Gasteiger partial charge in [-0.2, -0.15) is 0 Å². The van der Waals surface area contributed by atoms with Crippen LogP contribution in [0.2, 0.25) is 0 Å². The van der Waals surface area contributed by atoms with E-state index in [2.05, 4.69) is 10.6 Å². The van der Waals surface area contributed by atoms with Crippen LogP contribution in [0.5, 0.6) is 0 Å². The van der Waals surface area contributed by atoms with Gasteiger partial charge >= 0.3 is 0 Å². The number of amides is 3. The van der Waals surface area contributed by atoms with Crippen LogP contribution >= 0.6 is 0 Å². The van der Waals surface area contributed by atoms with E-state index in [9.17, 15) is 18.8 Å². The van der Waals surface area contributed by atoms with Crippen molar-refractivity contribution in [2.24, 2.45) is 0 Å². The Morgan fingerprint density at radius 2 is 1.74 bits per heavy atom. The van der Waals surface area contributed by atoms with Crippen LogP contribution in [0.3, 0.4) is 0 Å². The Morgan fingerprint density at radius 3 is 2.43 bits per heavy atom. The fraction of sp³-hybridized carbons (Fsp3) is 0.296. The van der Waals surface area contributed by atoms with Crippen LogP contribution in [-0.2, 0) is 9.59 Å². The zero-order valence-electron chi connectivity index (χ0n) is 19.3. The third kappa shape index (κ3) is 6.15. The molecular formula is C27H28FN3O4. The topological polar surface area (TPSA) is 91.7 Å². The molecule has 0 saturated heterocycles. The van der Waals surface area contributed by atoms with E-state index in [4.69, 9.17) is 4.42 Å². The molecule has 0 spiro atoms. The molecule has 0 bridgehead atoms. The first-order valence-electron chi connectivity index (χ1n) is 11.8. The van der Waals surface area contributed by atoms with Gasteiger partial charge in [0.2, 0.25) is 11.8 Å². The molecule has 1 aliphatic rings. The Bertz CT molecular complexity index is 1140. The number of hydrogen-bond acceptors (Lipinski definition) is 4. The molecule has 2 N–H and O–H groups in total. The number of nitrogens with zero attached hydrogens (tertiary/aromatic N) is 1. The molecule has 1 fully saturated rings. The van der Waals surface area contributed by atoms with Gasteiger partial charge in [-0.15, -0.1) is 0 Å². The van der Waals surface area contributed by atoms with Gasteiger partial charge in [0.25, 0.3) is 5.91 Å². The summed E-state index contributed by atoms with van der Waals surface area (Å²) in [6.45, 7) is -0.407. The lowest BCUT2D eigenvalue weighted by atomic mass is 9.94. The highest BCUT2D eigenvalue weighted by Crippen LogP contribution is 2.29. The summed E-state index contributed by atoms with van der Waals surface area (Å²) in [6.07, 6.45) is 6.31. The normalized spacial score (nSPS) is 14.7. The quantitative estimate of drug-likeness (QED) is 0.504. The van der Waals surface area contributed by atoms with Crippen LogP contribution in [0.15, 0.2) is 77.4 Å². The summed E-state index contributed by atoms with van der Waals surface area (Å²) in [7, 11) is 0. The van der Waals surface area contributed by atoms with Gasteiger partial charge in [0.1, 0.15) is 11.9 Å². The van der Waals surface area contributed by atoms with Crippen LogP contribution in [0.1, 0.15) is 54.3 Å². The van der Waals surface area contributed by atoms with Crippen LogP contribution < -0.4 is 15.5 Å². The third-order valence-electron chi connectivity index (χ3n) is 6.07. The number of halogens is 1. The minimum Gasteiger partial charge on any atom is -0.459 e. The molecule has 0 radical (unpaired) electrons. The Hall–Kier alpha value is -3.94. The molecule has 1 unspecified atom stereocenters. The van der Waals surface area contributed by atoms with E-state index < -0.39 is 30.2 Å². The first-order valence-corrected chi connectivity index (χ1v) is 11.8. The van der Waals surface area contributed by atoms with E-state index in [1.165, 1.54) is 35.4 Å².